The number of nitrogens with zero attached hydrogens (tertiary/aromatic N) is 2. The molecule has 1 aromatic heterocycles. The van der Waals surface area contributed by atoms with Crippen molar-refractivity contribution < 1.29 is 14.5 Å². The van der Waals surface area contributed by atoms with E-state index in [9.17, 15) is 14.9 Å². The van der Waals surface area contributed by atoms with Crippen LogP contribution in [0.15, 0.2) is 48.8 Å². The van der Waals surface area contributed by atoms with Gasteiger partial charge in [0.1, 0.15) is 0 Å². The zero-order valence-electron chi connectivity index (χ0n) is 11.3. The lowest BCUT2D eigenvalue weighted by molar-refractivity contribution is -0.384. The van der Waals surface area contributed by atoms with E-state index in [1.54, 1.807) is 12.4 Å². The van der Waals surface area contributed by atoms with Crippen LogP contribution in [0.2, 0.25) is 0 Å². The second-order valence-corrected chi connectivity index (χ2v) is 4.40. The molecule has 1 heterocycles. The van der Waals surface area contributed by atoms with Crippen LogP contribution in [-0.4, -0.2) is 22.5 Å². The fourth-order valence-electron chi connectivity index (χ4n) is 1.79. The quantitative estimate of drug-likeness (QED) is 0.353. The van der Waals surface area contributed by atoms with Crippen LogP contribution >= 0.6 is 0 Å². The zero-order chi connectivity index (χ0) is 15.1. The Labute approximate surface area is 121 Å². The van der Waals surface area contributed by atoms with Crippen molar-refractivity contribution in [3.05, 3.63) is 70.0 Å². The Hall–Kier alpha value is -2.76. The van der Waals surface area contributed by atoms with Gasteiger partial charge in [0.15, 0.2) is 0 Å². The lowest BCUT2D eigenvalue weighted by Gasteiger charge is -2.04. The molecule has 0 aliphatic rings. The molecule has 6 nitrogen and oxygen atoms in total. The Kier molecular flexibility index (Phi) is 4.98. The van der Waals surface area contributed by atoms with Crippen LogP contribution in [0.4, 0.5) is 5.69 Å². The molecule has 1 aromatic carbocycles. The number of rotatable bonds is 6. The normalized spacial score (nSPS) is 10.1. The van der Waals surface area contributed by atoms with Gasteiger partial charge in [0.2, 0.25) is 0 Å². The summed E-state index contributed by atoms with van der Waals surface area (Å²) < 4.78 is 5.12. The van der Waals surface area contributed by atoms with E-state index in [-0.39, 0.29) is 5.69 Å². The van der Waals surface area contributed by atoms with E-state index >= 15 is 0 Å². The predicted octanol–water partition coefficient (Wildman–Crippen LogP) is 2.78. The number of hydrogen-bond acceptors (Lipinski definition) is 5. The van der Waals surface area contributed by atoms with Crippen LogP contribution in [0, 0.1) is 10.1 Å². The van der Waals surface area contributed by atoms with Crippen molar-refractivity contribution in [3.8, 4) is 0 Å². The third-order valence-corrected chi connectivity index (χ3v) is 2.88. The van der Waals surface area contributed by atoms with Gasteiger partial charge in [-0.2, -0.15) is 0 Å². The first kappa shape index (κ1) is 14.6. The van der Waals surface area contributed by atoms with E-state index in [2.05, 4.69) is 4.98 Å². The van der Waals surface area contributed by atoms with Crippen molar-refractivity contribution in [3.63, 3.8) is 0 Å². The number of non-ortho nitro benzene ring substituents is 1. The molecule has 6 heteroatoms. The van der Waals surface area contributed by atoms with Crippen LogP contribution in [0.1, 0.15) is 22.3 Å². The minimum Gasteiger partial charge on any atom is -0.462 e. The number of pyridine rings is 1. The number of carbonyl (C=O) groups is 1. The number of aryl methyl sites for hydroxylation is 1. The second kappa shape index (κ2) is 7.14. The van der Waals surface area contributed by atoms with Crippen LogP contribution < -0.4 is 0 Å². The SMILES string of the molecule is O=C(OCCCc1cccnc1)c1ccc([N+](=O)[O-])cc1. The summed E-state index contributed by atoms with van der Waals surface area (Å²) in [4.78, 5) is 25.7. The first-order valence-electron chi connectivity index (χ1n) is 6.47. The average Bonchev–Trinajstić information content (AvgIpc) is 2.52. The summed E-state index contributed by atoms with van der Waals surface area (Å²) in [6.07, 6.45) is 4.96. The van der Waals surface area contributed by atoms with Crippen LogP contribution in [0.25, 0.3) is 0 Å². The Bertz CT molecular complexity index is 611. The molecule has 0 fully saturated rings. The molecule has 0 spiro atoms. The van der Waals surface area contributed by atoms with Gasteiger partial charge in [-0.15, -0.1) is 0 Å². The van der Waals surface area contributed by atoms with E-state index in [1.165, 1.54) is 24.3 Å². The molecule has 0 saturated carbocycles. The standard InChI is InChI=1S/C15H14N2O4/c18-15(13-5-7-14(8-6-13)17(19)20)21-10-2-4-12-3-1-9-16-11-12/h1,3,5-9,11H,2,4,10H2. The maximum absolute atomic E-state index is 11.7. The summed E-state index contributed by atoms with van der Waals surface area (Å²) in [5, 5.41) is 10.5. The molecule has 108 valence electrons. The smallest absolute Gasteiger partial charge is 0.338 e. The van der Waals surface area contributed by atoms with E-state index in [0.717, 1.165) is 12.0 Å². The van der Waals surface area contributed by atoms with Gasteiger partial charge >= 0.3 is 5.97 Å². The minimum absolute atomic E-state index is 0.0527. The molecule has 0 aliphatic heterocycles. The van der Waals surface area contributed by atoms with E-state index in [1.807, 2.05) is 12.1 Å². The van der Waals surface area contributed by atoms with Crippen molar-refractivity contribution in [1.82, 2.24) is 4.98 Å². The summed E-state index contributed by atoms with van der Waals surface area (Å²) in [6.45, 7) is 0.296. The Morgan fingerprint density at radius 1 is 1.24 bits per heavy atom. The maximum Gasteiger partial charge on any atom is 0.338 e. The summed E-state index contributed by atoms with van der Waals surface area (Å²) in [5.74, 6) is -0.476. The van der Waals surface area contributed by atoms with Gasteiger partial charge in [-0.05, 0) is 36.6 Å². The number of esters is 1. The Morgan fingerprint density at radius 3 is 2.62 bits per heavy atom. The summed E-state index contributed by atoms with van der Waals surface area (Å²) >= 11 is 0. The van der Waals surface area contributed by atoms with Gasteiger partial charge in [-0.25, -0.2) is 4.79 Å². The molecular weight excluding hydrogens is 272 g/mol. The molecular formula is C15H14N2O4. The van der Waals surface area contributed by atoms with Crippen molar-refractivity contribution in [2.75, 3.05) is 6.61 Å². The van der Waals surface area contributed by atoms with E-state index < -0.39 is 10.9 Å². The lowest BCUT2D eigenvalue weighted by atomic mass is 10.2. The van der Waals surface area contributed by atoms with Crippen LogP contribution in [0.3, 0.4) is 0 Å². The number of hydrogen-bond donors (Lipinski definition) is 0. The minimum atomic E-state index is -0.511. The monoisotopic (exact) mass is 286 g/mol. The molecule has 0 unspecified atom stereocenters. The van der Waals surface area contributed by atoms with Gasteiger partial charge in [0, 0.05) is 24.5 Å². The number of aromatic nitrogens is 1. The van der Waals surface area contributed by atoms with Crippen LogP contribution in [0.5, 0.6) is 0 Å². The Morgan fingerprint density at radius 2 is 2.00 bits per heavy atom. The summed E-state index contributed by atoms with van der Waals surface area (Å²) in [5.41, 5.74) is 1.34. The number of ether oxygens (including phenoxy) is 1. The van der Waals surface area contributed by atoms with Crippen molar-refractivity contribution in [1.29, 1.82) is 0 Å². The first-order chi connectivity index (χ1) is 10.2. The molecule has 2 aromatic rings. The maximum atomic E-state index is 11.7. The highest BCUT2D eigenvalue weighted by atomic mass is 16.6. The zero-order valence-corrected chi connectivity index (χ0v) is 11.3. The molecule has 21 heavy (non-hydrogen) atoms. The molecule has 0 aliphatic carbocycles. The molecule has 0 amide bonds. The number of carbonyl (C=O) groups excluding carboxylic acids is 1. The molecule has 0 atom stereocenters. The first-order valence-corrected chi connectivity index (χ1v) is 6.47. The van der Waals surface area contributed by atoms with Gasteiger partial charge in [-0.3, -0.25) is 15.1 Å². The van der Waals surface area contributed by atoms with Crippen molar-refractivity contribution >= 4 is 11.7 Å². The topological polar surface area (TPSA) is 82.3 Å². The average molecular weight is 286 g/mol. The highest BCUT2D eigenvalue weighted by Gasteiger charge is 2.10. The number of nitro benzene ring substituents is 1. The number of benzene rings is 1. The fourth-order valence-corrected chi connectivity index (χ4v) is 1.79. The second-order valence-electron chi connectivity index (χ2n) is 4.40. The predicted molar refractivity (Wildman–Crippen MR) is 75.9 cm³/mol. The van der Waals surface area contributed by atoms with Crippen LogP contribution in [-0.2, 0) is 11.2 Å². The van der Waals surface area contributed by atoms with Gasteiger partial charge in [0.25, 0.3) is 5.69 Å². The van der Waals surface area contributed by atoms with Gasteiger partial charge in [0.05, 0.1) is 17.1 Å². The third-order valence-electron chi connectivity index (χ3n) is 2.88. The van der Waals surface area contributed by atoms with E-state index in [0.29, 0.717) is 18.6 Å². The molecule has 0 radical (unpaired) electrons. The van der Waals surface area contributed by atoms with Gasteiger partial charge in [-0.1, -0.05) is 6.07 Å². The largest absolute Gasteiger partial charge is 0.462 e. The lowest BCUT2D eigenvalue weighted by Crippen LogP contribution is -2.07. The summed E-state index contributed by atoms with van der Waals surface area (Å²) in [7, 11) is 0. The van der Waals surface area contributed by atoms with Gasteiger partial charge < -0.3 is 4.74 Å². The van der Waals surface area contributed by atoms with Crippen molar-refractivity contribution in [2.24, 2.45) is 0 Å². The molecule has 0 bridgehead atoms. The Balaban J connectivity index is 1.78. The number of nitro groups is 1. The van der Waals surface area contributed by atoms with E-state index in [4.69, 9.17) is 4.74 Å². The summed E-state index contributed by atoms with van der Waals surface area (Å²) in [6, 6.07) is 9.17. The molecule has 0 N–H and O–H groups in total. The molecule has 2 rings (SSSR count). The van der Waals surface area contributed by atoms with Crippen molar-refractivity contribution in [2.45, 2.75) is 12.8 Å². The molecule has 0 saturated heterocycles. The fraction of sp³-hybridized carbons (Fsp3) is 0.200. The third kappa shape index (κ3) is 4.38. The highest BCUT2D eigenvalue weighted by Crippen LogP contribution is 2.12. The highest BCUT2D eigenvalue weighted by molar-refractivity contribution is 5.89.